The van der Waals surface area contributed by atoms with Gasteiger partial charge in [0.15, 0.2) is 6.10 Å². The van der Waals surface area contributed by atoms with E-state index in [9.17, 15) is 9.59 Å². The molecule has 1 fully saturated rings. The van der Waals surface area contributed by atoms with Crippen molar-refractivity contribution in [1.29, 1.82) is 0 Å². The maximum absolute atomic E-state index is 11.6. The number of nitrogens with zero attached hydrogens (tertiary/aromatic N) is 1. The van der Waals surface area contributed by atoms with Crippen LogP contribution in [0.4, 0.5) is 0 Å². The summed E-state index contributed by atoms with van der Waals surface area (Å²) in [4.78, 5) is 22.7. The monoisotopic (exact) mass is 258 g/mol. The zero-order valence-corrected chi connectivity index (χ0v) is 11.6. The van der Waals surface area contributed by atoms with E-state index >= 15 is 0 Å². The third-order valence-electron chi connectivity index (χ3n) is 3.12. The highest BCUT2D eigenvalue weighted by Gasteiger charge is 2.29. The summed E-state index contributed by atoms with van der Waals surface area (Å²) in [6.45, 7) is 4.07. The van der Waals surface area contributed by atoms with Crippen LogP contribution in [0.5, 0.6) is 0 Å². The second-order valence-corrected chi connectivity index (χ2v) is 5.40. The van der Waals surface area contributed by atoms with Crippen LogP contribution in [-0.4, -0.2) is 56.3 Å². The Hall–Kier alpha value is -1.10. The second-order valence-electron chi connectivity index (χ2n) is 5.40. The molecule has 5 heteroatoms. The van der Waals surface area contributed by atoms with Crippen LogP contribution in [0.1, 0.15) is 32.6 Å². The van der Waals surface area contributed by atoms with Crippen LogP contribution in [-0.2, 0) is 19.1 Å². The zero-order valence-electron chi connectivity index (χ0n) is 11.6. The van der Waals surface area contributed by atoms with E-state index < -0.39 is 0 Å². The molecular weight excluding hydrogens is 234 g/mol. The quantitative estimate of drug-likeness (QED) is 0.547. The van der Waals surface area contributed by atoms with Crippen LogP contribution in [0.3, 0.4) is 0 Å². The van der Waals surface area contributed by atoms with Crippen LogP contribution < -0.4 is 0 Å². The Bertz CT molecular complexity index is 301. The molecule has 0 N–H and O–H groups in total. The molecule has 1 heterocycles. The van der Waals surface area contributed by atoms with E-state index in [0.29, 0.717) is 6.61 Å². The van der Waals surface area contributed by atoms with Crippen molar-refractivity contribution in [2.75, 3.05) is 33.8 Å². The van der Waals surface area contributed by atoms with E-state index in [0.717, 1.165) is 30.4 Å². The SMILES string of the molecule is CCOC(=O)CCC(=O)OC1CCC[N+](C)(C)C1. The van der Waals surface area contributed by atoms with E-state index in [2.05, 4.69) is 14.1 Å². The lowest BCUT2D eigenvalue weighted by Crippen LogP contribution is -2.50. The fraction of sp³-hybridized carbons (Fsp3) is 0.846. The summed E-state index contributed by atoms with van der Waals surface area (Å²) >= 11 is 0. The van der Waals surface area contributed by atoms with Crippen molar-refractivity contribution in [2.24, 2.45) is 0 Å². The Morgan fingerprint density at radius 2 is 1.89 bits per heavy atom. The van der Waals surface area contributed by atoms with Crippen molar-refractivity contribution < 1.29 is 23.5 Å². The van der Waals surface area contributed by atoms with Crippen molar-refractivity contribution in [3.8, 4) is 0 Å². The highest BCUT2D eigenvalue weighted by atomic mass is 16.5. The smallest absolute Gasteiger partial charge is 0.306 e. The number of piperidine rings is 1. The third-order valence-corrected chi connectivity index (χ3v) is 3.12. The molecule has 0 saturated carbocycles. The maximum atomic E-state index is 11.6. The Morgan fingerprint density at radius 1 is 1.22 bits per heavy atom. The molecule has 5 nitrogen and oxygen atoms in total. The Morgan fingerprint density at radius 3 is 2.50 bits per heavy atom. The molecule has 0 radical (unpaired) electrons. The standard InChI is InChI=1S/C13H24NO4/c1-4-17-12(15)7-8-13(16)18-11-6-5-9-14(2,3)10-11/h11H,4-10H2,1-3H3/q+1. The summed E-state index contributed by atoms with van der Waals surface area (Å²) in [6, 6.07) is 0. The molecule has 1 unspecified atom stereocenters. The topological polar surface area (TPSA) is 52.6 Å². The minimum Gasteiger partial charge on any atom is -0.466 e. The summed E-state index contributed by atoms with van der Waals surface area (Å²) in [5.74, 6) is -0.635. The Kier molecular flexibility index (Phi) is 5.59. The molecular formula is C13H24NO4+. The van der Waals surface area contributed by atoms with Gasteiger partial charge < -0.3 is 14.0 Å². The highest BCUT2D eigenvalue weighted by Crippen LogP contribution is 2.17. The van der Waals surface area contributed by atoms with E-state index in [4.69, 9.17) is 9.47 Å². The molecule has 0 aliphatic carbocycles. The molecule has 104 valence electrons. The van der Waals surface area contributed by atoms with Gasteiger partial charge in [0.25, 0.3) is 0 Å². The summed E-state index contributed by atoms with van der Waals surface area (Å²) in [5, 5.41) is 0. The number of carbonyl (C=O) groups excluding carboxylic acids is 2. The molecule has 18 heavy (non-hydrogen) atoms. The molecule has 1 rings (SSSR count). The molecule has 0 aromatic rings. The van der Waals surface area contributed by atoms with Crippen LogP contribution >= 0.6 is 0 Å². The van der Waals surface area contributed by atoms with Gasteiger partial charge in [-0.3, -0.25) is 9.59 Å². The summed E-state index contributed by atoms with van der Waals surface area (Å²) in [5.41, 5.74) is 0. The molecule has 0 aromatic carbocycles. The molecule has 0 aromatic heterocycles. The predicted octanol–water partition coefficient (Wildman–Crippen LogP) is 1.11. The lowest BCUT2D eigenvalue weighted by Gasteiger charge is -2.37. The van der Waals surface area contributed by atoms with Crippen molar-refractivity contribution in [1.82, 2.24) is 0 Å². The Labute approximate surface area is 109 Å². The van der Waals surface area contributed by atoms with Crippen molar-refractivity contribution in [2.45, 2.75) is 38.7 Å². The molecule has 1 aliphatic heterocycles. The van der Waals surface area contributed by atoms with Gasteiger partial charge in [0.05, 0.1) is 40.1 Å². The van der Waals surface area contributed by atoms with Crippen LogP contribution in [0.2, 0.25) is 0 Å². The van der Waals surface area contributed by atoms with Crippen LogP contribution in [0.15, 0.2) is 0 Å². The van der Waals surface area contributed by atoms with E-state index in [-0.39, 0.29) is 30.9 Å². The molecule has 0 bridgehead atoms. The van der Waals surface area contributed by atoms with Gasteiger partial charge in [-0.1, -0.05) is 0 Å². The van der Waals surface area contributed by atoms with Gasteiger partial charge in [-0.25, -0.2) is 0 Å². The maximum Gasteiger partial charge on any atom is 0.306 e. The van der Waals surface area contributed by atoms with Gasteiger partial charge in [-0.2, -0.15) is 0 Å². The number of carbonyl (C=O) groups is 2. The fourth-order valence-electron chi connectivity index (χ4n) is 2.26. The average molecular weight is 258 g/mol. The van der Waals surface area contributed by atoms with Crippen molar-refractivity contribution in [3.05, 3.63) is 0 Å². The first kappa shape index (κ1) is 15.0. The van der Waals surface area contributed by atoms with Crippen molar-refractivity contribution >= 4 is 11.9 Å². The molecule has 0 spiro atoms. The minimum atomic E-state index is -0.339. The van der Waals surface area contributed by atoms with Crippen LogP contribution in [0.25, 0.3) is 0 Å². The predicted molar refractivity (Wildman–Crippen MR) is 66.8 cm³/mol. The van der Waals surface area contributed by atoms with E-state index in [1.54, 1.807) is 6.92 Å². The first-order valence-corrected chi connectivity index (χ1v) is 6.60. The number of hydrogen-bond acceptors (Lipinski definition) is 4. The van der Waals surface area contributed by atoms with Gasteiger partial charge in [0.1, 0.15) is 6.54 Å². The third kappa shape index (κ3) is 5.49. The van der Waals surface area contributed by atoms with Gasteiger partial charge in [0.2, 0.25) is 0 Å². The number of likely N-dealkylation sites (tertiary alicyclic amines) is 1. The van der Waals surface area contributed by atoms with Crippen molar-refractivity contribution in [3.63, 3.8) is 0 Å². The van der Waals surface area contributed by atoms with Gasteiger partial charge >= 0.3 is 11.9 Å². The minimum absolute atomic E-state index is 0.0107. The number of likely N-dealkylation sites (N-methyl/N-ethyl adjacent to an activating group) is 1. The summed E-state index contributed by atoms with van der Waals surface area (Å²) in [6.07, 6.45) is 2.21. The first-order chi connectivity index (χ1) is 8.43. The van der Waals surface area contributed by atoms with E-state index in [1.807, 2.05) is 0 Å². The molecule has 1 aliphatic rings. The molecule has 1 atom stereocenters. The molecule has 1 saturated heterocycles. The molecule has 0 amide bonds. The zero-order chi connectivity index (χ0) is 13.6. The highest BCUT2D eigenvalue weighted by molar-refractivity contribution is 5.77. The number of esters is 2. The number of quaternary nitrogens is 1. The lowest BCUT2D eigenvalue weighted by molar-refractivity contribution is -0.898. The Balaban J connectivity index is 2.25. The first-order valence-electron chi connectivity index (χ1n) is 6.60. The normalized spacial score (nSPS) is 22.3. The summed E-state index contributed by atoms with van der Waals surface area (Å²) < 4.78 is 11.0. The number of hydrogen-bond donors (Lipinski definition) is 0. The van der Waals surface area contributed by atoms with Gasteiger partial charge in [0, 0.05) is 6.42 Å². The van der Waals surface area contributed by atoms with Gasteiger partial charge in [-0.05, 0) is 13.3 Å². The largest absolute Gasteiger partial charge is 0.466 e. The lowest BCUT2D eigenvalue weighted by atomic mass is 10.1. The summed E-state index contributed by atoms with van der Waals surface area (Å²) in [7, 11) is 4.28. The number of rotatable bonds is 5. The second kappa shape index (κ2) is 6.73. The average Bonchev–Trinajstić information content (AvgIpc) is 2.25. The number of ether oxygens (including phenoxy) is 2. The van der Waals surface area contributed by atoms with Gasteiger partial charge in [-0.15, -0.1) is 0 Å². The van der Waals surface area contributed by atoms with E-state index in [1.165, 1.54) is 0 Å². The van der Waals surface area contributed by atoms with Crippen LogP contribution in [0, 0.1) is 0 Å². The fourth-order valence-corrected chi connectivity index (χ4v) is 2.26.